The van der Waals surface area contributed by atoms with Gasteiger partial charge in [-0.1, -0.05) is 41.1 Å². The number of H-pyrrole nitrogens is 1. The van der Waals surface area contributed by atoms with E-state index >= 15 is 0 Å². The molecule has 0 aliphatic carbocycles. The van der Waals surface area contributed by atoms with Crippen molar-refractivity contribution >= 4 is 32.6 Å². The van der Waals surface area contributed by atoms with Crippen LogP contribution in [0, 0.1) is 5.82 Å². The minimum Gasteiger partial charge on any atom is -0.360 e. The fraction of sp³-hybridized carbons (Fsp3) is 0.118. The molecule has 0 spiro atoms. The molecule has 0 radical (unpaired) electrons. The number of fused-ring (bicyclic) bond motifs is 1. The molecule has 2 aromatic carbocycles. The third-order valence-electron chi connectivity index (χ3n) is 3.60. The van der Waals surface area contributed by atoms with Gasteiger partial charge in [-0.05, 0) is 30.2 Å². The Hall–Kier alpha value is -1.94. The van der Waals surface area contributed by atoms with E-state index in [2.05, 4.69) is 27.8 Å². The summed E-state index contributed by atoms with van der Waals surface area (Å²) in [4.78, 5) is 15.8. The SMILES string of the molecule is CCc1cccc2c(C(=O)c3cc(Br)ccc3F)c[nH]c12. The molecule has 1 aromatic heterocycles. The van der Waals surface area contributed by atoms with Crippen molar-refractivity contribution in [2.24, 2.45) is 0 Å². The number of ketones is 1. The van der Waals surface area contributed by atoms with Gasteiger partial charge in [-0.2, -0.15) is 0 Å². The predicted molar refractivity (Wildman–Crippen MR) is 85.2 cm³/mol. The maximum Gasteiger partial charge on any atom is 0.198 e. The first kappa shape index (κ1) is 14.0. The van der Waals surface area contributed by atoms with E-state index in [1.807, 2.05) is 18.2 Å². The number of hydrogen-bond donors (Lipinski definition) is 1. The molecule has 1 heterocycles. The van der Waals surface area contributed by atoms with Crippen LogP contribution in [0.4, 0.5) is 4.39 Å². The number of nitrogens with one attached hydrogen (secondary N) is 1. The van der Waals surface area contributed by atoms with Crippen molar-refractivity contribution in [2.45, 2.75) is 13.3 Å². The number of aromatic nitrogens is 1. The molecule has 21 heavy (non-hydrogen) atoms. The lowest BCUT2D eigenvalue weighted by molar-refractivity contribution is 0.103. The molecule has 0 fully saturated rings. The van der Waals surface area contributed by atoms with Crippen LogP contribution < -0.4 is 0 Å². The summed E-state index contributed by atoms with van der Waals surface area (Å²) in [5.41, 5.74) is 2.66. The van der Waals surface area contributed by atoms with Crippen LogP contribution in [0.1, 0.15) is 28.4 Å². The van der Waals surface area contributed by atoms with Gasteiger partial charge in [0.15, 0.2) is 5.78 Å². The number of aromatic amines is 1. The molecule has 0 saturated heterocycles. The maximum absolute atomic E-state index is 13.9. The van der Waals surface area contributed by atoms with Gasteiger partial charge in [-0.15, -0.1) is 0 Å². The Morgan fingerprint density at radius 1 is 1.24 bits per heavy atom. The van der Waals surface area contributed by atoms with Gasteiger partial charge < -0.3 is 4.98 Å². The summed E-state index contributed by atoms with van der Waals surface area (Å²) >= 11 is 3.27. The summed E-state index contributed by atoms with van der Waals surface area (Å²) in [6.45, 7) is 2.06. The highest BCUT2D eigenvalue weighted by atomic mass is 79.9. The largest absolute Gasteiger partial charge is 0.360 e. The van der Waals surface area contributed by atoms with Crippen LogP contribution in [0.2, 0.25) is 0 Å². The molecule has 3 aromatic rings. The Balaban J connectivity index is 2.16. The molecule has 0 amide bonds. The highest BCUT2D eigenvalue weighted by Gasteiger charge is 2.18. The van der Waals surface area contributed by atoms with E-state index in [1.165, 1.54) is 12.1 Å². The number of halogens is 2. The molecular weight excluding hydrogens is 333 g/mol. The second kappa shape index (κ2) is 5.45. The lowest BCUT2D eigenvalue weighted by atomic mass is 10.0. The minimum atomic E-state index is -0.510. The van der Waals surface area contributed by atoms with E-state index in [4.69, 9.17) is 0 Å². The summed E-state index contributed by atoms with van der Waals surface area (Å²) in [6.07, 6.45) is 2.53. The Morgan fingerprint density at radius 2 is 2.05 bits per heavy atom. The molecule has 4 heteroatoms. The average molecular weight is 346 g/mol. The molecule has 0 unspecified atom stereocenters. The lowest BCUT2D eigenvalue weighted by Gasteiger charge is -2.03. The highest BCUT2D eigenvalue weighted by Crippen LogP contribution is 2.26. The Bertz CT molecular complexity index is 838. The van der Waals surface area contributed by atoms with Gasteiger partial charge in [0, 0.05) is 27.1 Å². The van der Waals surface area contributed by atoms with Gasteiger partial charge in [0.1, 0.15) is 5.82 Å². The third-order valence-corrected chi connectivity index (χ3v) is 4.09. The molecule has 0 saturated carbocycles. The number of benzene rings is 2. The normalized spacial score (nSPS) is 11.0. The van der Waals surface area contributed by atoms with E-state index in [0.29, 0.717) is 10.0 Å². The molecule has 1 N–H and O–H groups in total. The van der Waals surface area contributed by atoms with Crippen molar-refractivity contribution in [1.82, 2.24) is 4.98 Å². The average Bonchev–Trinajstić information content (AvgIpc) is 2.93. The van der Waals surface area contributed by atoms with E-state index in [-0.39, 0.29) is 11.3 Å². The van der Waals surface area contributed by atoms with Gasteiger partial charge in [0.05, 0.1) is 5.56 Å². The van der Waals surface area contributed by atoms with Crippen LogP contribution in [0.3, 0.4) is 0 Å². The maximum atomic E-state index is 13.9. The monoisotopic (exact) mass is 345 g/mol. The topological polar surface area (TPSA) is 32.9 Å². The molecular formula is C17H13BrFNO. The lowest BCUT2D eigenvalue weighted by Crippen LogP contribution is -2.03. The number of para-hydroxylation sites is 1. The molecule has 0 bridgehead atoms. The Kier molecular flexibility index (Phi) is 3.64. The predicted octanol–water partition coefficient (Wildman–Crippen LogP) is 4.86. The summed E-state index contributed by atoms with van der Waals surface area (Å²) in [5.74, 6) is -0.822. The van der Waals surface area contributed by atoms with Crippen molar-refractivity contribution < 1.29 is 9.18 Å². The van der Waals surface area contributed by atoms with Crippen LogP contribution in [-0.4, -0.2) is 10.8 Å². The van der Waals surface area contributed by atoms with Crippen molar-refractivity contribution in [3.05, 3.63) is 69.6 Å². The molecule has 106 valence electrons. The first-order chi connectivity index (χ1) is 10.1. The summed E-state index contributed by atoms with van der Waals surface area (Å²) < 4.78 is 14.6. The second-order valence-corrected chi connectivity index (χ2v) is 5.76. The minimum absolute atomic E-state index is 0.0761. The molecule has 3 rings (SSSR count). The second-order valence-electron chi connectivity index (χ2n) is 4.85. The number of carbonyl (C=O) groups is 1. The zero-order chi connectivity index (χ0) is 15.0. The highest BCUT2D eigenvalue weighted by molar-refractivity contribution is 9.10. The van der Waals surface area contributed by atoms with Crippen LogP contribution in [-0.2, 0) is 6.42 Å². The van der Waals surface area contributed by atoms with Gasteiger partial charge in [-0.3, -0.25) is 4.79 Å². The first-order valence-electron chi connectivity index (χ1n) is 6.70. The van der Waals surface area contributed by atoms with Crippen LogP contribution in [0.15, 0.2) is 47.1 Å². The van der Waals surface area contributed by atoms with Gasteiger partial charge in [0.25, 0.3) is 0 Å². The van der Waals surface area contributed by atoms with Crippen molar-refractivity contribution in [1.29, 1.82) is 0 Å². The number of carbonyl (C=O) groups excluding carboxylic acids is 1. The van der Waals surface area contributed by atoms with Crippen LogP contribution in [0.25, 0.3) is 10.9 Å². The number of rotatable bonds is 3. The van der Waals surface area contributed by atoms with Crippen LogP contribution >= 0.6 is 15.9 Å². The number of aryl methyl sites for hydroxylation is 1. The number of hydrogen-bond acceptors (Lipinski definition) is 1. The smallest absolute Gasteiger partial charge is 0.198 e. The van der Waals surface area contributed by atoms with Crippen molar-refractivity contribution in [3.63, 3.8) is 0 Å². The molecule has 2 nitrogen and oxygen atoms in total. The summed E-state index contributed by atoms with van der Waals surface area (Å²) in [6, 6.07) is 10.2. The van der Waals surface area contributed by atoms with Gasteiger partial charge in [0.2, 0.25) is 0 Å². The van der Waals surface area contributed by atoms with E-state index in [9.17, 15) is 9.18 Å². The standard InChI is InChI=1S/C17H13BrFNO/c1-2-10-4-3-5-12-14(9-20-16(10)12)17(21)13-8-11(18)6-7-15(13)19/h3-9,20H,2H2,1H3. The van der Waals surface area contributed by atoms with E-state index in [1.54, 1.807) is 12.3 Å². The molecule has 0 aliphatic rings. The van der Waals surface area contributed by atoms with E-state index in [0.717, 1.165) is 22.9 Å². The quantitative estimate of drug-likeness (QED) is 0.675. The summed E-state index contributed by atoms with van der Waals surface area (Å²) in [5, 5.41) is 0.832. The molecule has 0 atom stereocenters. The van der Waals surface area contributed by atoms with Crippen molar-refractivity contribution in [2.75, 3.05) is 0 Å². The fourth-order valence-electron chi connectivity index (χ4n) is 2.52. The Morgan fingerprint density at radius 3 is 2.81 bits per heavy atom. The third kappa shape index (κ3) is 2.40. The van der Waals surface area contributed by atoms with Gasteiger partial charge in [-0.25, -0.2) is 4.39 Å². The Labute approximate surface area is 130 Å². The summed E-state index contributed by atoms with van der Waals surface area (Å²) in [7, 11) is 0. The first-order valence-corrected chi connectivity index (χ1v) is 7.50. The zero-order valence-electron chi connectivity index (χ0n) is 11.4. The van der Waals surface area contributed by atoms with E-state index < -0.39 is 5.82 Å². The van der Waals surface area contributed by atoms with Gasteiger partial charge >= 0.3 is 0 Å². The zero-order valence-corrected chi connectivity index (χ0v) is 13.0. The fourth-order valence-corrected chi connectivity index (χ4v) is 2.88. The molecule has 0 aliphatic heterocycles. The van der Waals surface area contributed by atoms with Crippen LogP contribution in [0.5, 0.6) is 0 Å². The van der Waals surface area contributed by atoms with Crippen molar-refractivity contribution in [3.8, 4) is 0 Å².